The molecule has 0 radical (unpaired) electrons. The molecule has 1 fully saturated rings. The Morgan fingerprint density at radius 3 is 2.59 bits per heavy atom. The van der Waals surface area contributed by atoms with E-state index in [0.717, 1.165) is 22.0 Å². The van der Waals surface area contributed by atoms with Gasteiger partial charge < -0.3 is 26.0 Å². The summed E-state index contributed by atoms with van der Waals surface area (Å²) >= 11 is 1.47. The molecule has 0 bridgehead atoms. The molecule has 3 heterocycles. The van der Waals surface area contributed by atoms with Crippen LogP contribution >= 0.6 is 11.3 Å². The topological polar surface area (TPSA) is 136 Å². The number of hydrogen-bond acceptors (Lipinski definition) is 10. The largest absolute Gasteiger partial charge is 0.396 e. The van der Waals surface area contributed by atoms with Gasteiger partial charge in [0.15, 0.2) is 0 Å². The lowest BCUT2D eigenvalue weighted by Crippen LogP contribution is -2.35. The number of anilines is 3. The first-order chi connectivity index (χ1) is 16.6. The third kappa shape index (κ3) is 4.62. The number of benzene rings is 1. The van der Waals surface area contributed by atoms with Crippen molar-refractivity contribution in [1.82, 2.24) is 19.9 Å². The zero-order valence-electron chi connectivity index (χ0n) is 18.1. The second-order valence-corrected chi connectivity index (χ2v) is 8.99. The fourth-order valence-corrected chi connectivity index (χ4v) is 4.88. The lowest BCUT2D eigenvalue weighted by molar-refractivity contribution is 0.00446. The summed E-state index contributed by atoms with van der Waals surface area (Å²) in [6.07, 6.45) is 3.39. The molecule has 9 nitrogen and oxygen atoms in total. The Morgan fingerprint density at radius 2 is 1.85 bits per heavy atom. The molecule has 1 aliphatic rings. The number of thiazole rings is 1. The van der Waals surface area contributed by atoms with Crippen molar-refractivity contribution in [3.63, 3.8) is 0 Å². The molecule has 4 atom stereocenters. The molecule has 3 aromatic heterocycles. The Balaban J connectivity index is 1.49. The Morgan fingerprint density at radius 1 is 1.00 bits per heavy atom. The molecule has 0 spiro atoms. The number of nitrogens with zero attached hydrogens (tertiary/aromatic N) is 4. The number of pyridine rings is 1. The van der Waals surface area contributed by atoms with Crippen molar-refractivity contribution in [2.75, 3.05) is 17.2 Å². The molecule has 0 unspecified atom stereocenters. The minimum absolute atomic E-state index is 0.201. The smallest absolute Gasteiger partial charge is 0.229 e. The van der Waals surface area contributed by atoms with E-state index in [4.69, 9.17) is 4.98 Å². The number of aromatic nitrogens is 4. The van der Waals surface area contributed by atoms with Crippen LogP contribution in [0.4, 0.5) is 17.5 Å². The molecular formula is C24H24N6O3S. The van der Waals surface area contributed by atoms with Crippen LogP contribution in [0.2, 0.25) is 0 Å². The SMILES string of the molecule is OC[C@H]1C[C@@H](Nc2nc(Nc3cccnc3)ncc2-c2nc(-c3ccccc3)cs2)[C@H](O)[C@@H]1O. The normalized spacial score (nSPS) is 22.0. The van der Waals surface area contributed by atoms with E-state index in [0.29, 0.717) is 23.8 Å². The average molecular weight is 477 g/mol. The Bertz CT molecular complexity index is 1240. The summed E-state index contributed by atoms with van der Waals surface area (Å²) in [5.41, 5.74) is 3.27. The van der Waals surface area contributed by atoms with E-state index in [1.165, 1.54) is 11.3 Å². The van der Waals surface area contributed by atoms with Crippen LogP contribution in [-0.2, 0) is 0 Å². The van der Waals surface area contributed by atoms with Crippen molar-refractivity contribution in [3.8, 4) is 21.8 Å². The fraction of sp³-hybridized carbons (Fsp3) is 0.250. The van der Waals surface area contributed by atoms with Crippen LogP contribution in [0.1, 0.15) is 6.42 Å². The summed E-state index contributed by atoms with van der Waals surface area (Å²) in [6, 6.07) is 13.1. The van der Waals surface area contributed by atoms with E-state index in [9.17, 15) is 15.3 Å². The minimum Gasteiger partial charge on any atom is -0.396 e. The molecule has 0 amide bonds. The first kappa shape index (κ1) is 22.4. The zero-order chi connectivity index (χ0) is 23.5. The Kier molecular flexibility index (Phi) is 6.45. The van der Waals surface area contributed by atoms with Crippen LogP contribution in [0.15, 0.2) is 66.4 Å². The number of rotatable bonds is 7. The first-order valence-corrected chi connectivity index (χ1v) is 11.8. The maximum Gasteiger partial charge on any atom is 0.229 e. The highest BCUT2D eigenvalue weighted by molar-refractivity contribution is 7.13. The second kappa shape index (κ2) is 9.82. The van der Waals surface area contributed by atoms with Crippen molar-refractivity contribution >= 4 is 28.8 Å². The van der Waals surface area contributed by atoms with Crippen molar-refractivity contribution in [2.24, 2.45) is 5.92 Å². The maximum atomic E-state index is 10.5. The molecule has 34 heavy (non-hydrogen) atoms. The van der Waals surface area contributed by atoms with Gasteiger partial charge in [-0.1, -0.05) is 30.3 Å². The number of nitrogens with one attached hydrogen (secondary N) is 2. The van der Waals surface area contributed by atoms with Gasteiger partial charge in [-0.2, -0.15) is 4.98 Å². The van der Waals surface area contributed by atoms with Crippen LogP contribution in [-0.4, -0.2) is 60.1 Å². The van der Waals surface area contributed by atoms with E-state index < -0.39 is 24.2 Å². The fourth-order valence-electron chi connectivity index (χ4n) is 4.04. The van der Waals surface area contributed by atoms with Gasteiger partial charge >= 0.3 is 0 Å². The van der Waals surface area contributed by atoms with Crippen molar-refractivity contribution < 1.29 is 15.3 Å². The van der Waals surface area contributed by atoms with Crippen LogP contribution in [0.3, 0.4) is 0 Å². The third-order valence-electron chi connectivity index (χ3n) is 5.87. The van der Waals surface area contributed by atoms with Gasteiger partial charge in [0.2, 0.25) is 5.95 Å². The van der Waals surface area contributed by atoms with Gasteiger partial charge in [-0.15, -0.1) is 11.3 Å². The number of hydrogen-bond donors (Lipinski definition) is 5. The third-order valence-corrected chi connectivity index (χ3v) is 6.74. The molecule has 174 valence electrons. The van der Waals surface area contributed by atoms with Gasteiger partial charge in [0, 0.05) is 35.9 Å². The molecular weight excluding hydrogens is 452 g/mol. The molecule has 0 saturated heterocycles. The molecule has 5 rings (SSSR count). The predicted molar refractivity (Wildman–Crippen MR) is 131 cm³/mol. The monoisotopic (exact) mass is 476 g/mol. The first-order valence-electron chi connectivity index (χ1n) is 10.9. The number of aliphatic hydroxyl groups is 3. The van der Waals surface area contributed by atoms with Gasteiger partial charge in [-0.3, -0.25) is 4.98 Å². The summed E-state index contributed by atoms with van der Waals surface area (Å²) in [5, 5.41) is 39.4. The van der Waals surface area contributed by atoms with Crippen LogP contribution in [0.5, 0.6) is 0 Å². The van der Waals surface area contributed by atoms with Gasteiger partial charge in [-0.05, 0) is 18.6 Å². The van der Waals surface area contributed by atoms with Crippen molar-refractivity contribution in [2.45, 2.75) is 24.7 Å². The average Bonchev–Trinajstić information content (AvgIpc) is 3.46. The summed E-state index contributed by atoms with van der Waals surface area (Å²) in [7, 11) is 0. The van der Waals surface area contributed by atoms with E-state index in [-0.39, 0.29) is 6.61 Å². The van der Waals surface area contributed by atoms with E-state index in [2.05, 4.69) is 25.6 Å². The predicted octanol–water partition coefficient (Wildman–Crippen LogP) is 2.92. The molecule has 1 saturated carbocycles. The minimum atomic E-state index is -1.04. The number of aliphatic hydroxyl groups excluding tert-OH is 3. The summed E-state index contributed by atoms with van der Waals surface area (Å²) in [5.74, 6) is 0.423. The van der Waals surface area contributed by atoms with Gasteiger partial charge in [0.05, 0.1) is 35.3 Å². The maximum absolute atomic E-state index is 10.5. The standard InChI is InChI=1S/C24H24N6O3S/c31-12-15-9-18(21(33)20(15)32)28-22-17(11-26-24(30-22)27-16-7-4-8-25-10-16)23-29-19(13-34-23)14-5-2-1-3-6-14/h1-8,10-11,13,15,18,20-21,31-33H,9,12H2,(H2,26,27,28,30)/t15-,18-,20-,21+/m1/s1. The highest BCUT2D eigenvalue weighted by atomic mass is 32.1. The molecule has 0 aliphatic heterocycles. The summed E-state index contributed by atoms with van der Waals surface area (Å²) < 4.78 is 0. The zero-order valence-corrected chi connectivity index (χ0v) is 18.9. The van der Waals surface area contributed by atoms with E-state index >= 15 is 0 Å². The van der Waals surface area contributed by atoms with Crippen molar-refractivity contribution in [1.29, 1.82) is 0 Å². The van der Waals surface area contributed by atoms with Crippen LogP contribution < -0.4 is 10.6 Å². The van der Waals surface area contributed by atoms with E-state index in [1.807, 2.05) is 47.8 Å². The Labute approximate surface area is 200 Å². The highest BCUT2D eigenvalue weighted by Gasteiger charge is 2.41. The van der Waals surface area contributed by atoms with Gasteiger partial charge in [-0.25, -0.2) is 9.97 Å². The molecule has 1 aliphatic carbocycles. The molecule has 1 aromatic carbocycles. The molecule has 5 N–H and O–H groups in total. The van der Waals surface area contributed by atoms with E-state index in [1.54, 1.807) is 18.6 Å². The molecule has 10 heteroatoms. The Hall–Kier alpha value is -3.44. The lowest BCUT2D eigenvalue weighted by atomic mass is 10.1. The highest BCUT2D eigenvalue weighted by Crippen LogP contribution is 2.35. The second-order valence-electron chi connectivity index (χ2n) is 8.14. The summed E-state index contributed by atoms with van der Waals surface area (Å²) in [6.45, 7) is -0.201. The van der Waals surface area contributed by atoms with Crippen molar-refractivity contribution in [3.05, 3.63) is 66.4 Å². The van der Waals surface area contributed by atoms with Gasteiger partial charge in [0.1, 0.15) is 16.9 Å². The van der Waals surface area contributed by atoms with Crippen LogP contribution in [0.25, 0.3) is 21.8 Å². The summed E-state index contributed by atoms with van der Waals surface area (Å²) in [4.78, 5) is 18.0. The lowest BCUT2D eigenvalue weighted by Gasteiger charge is -2.20. The van der Waals surface area contributed by atoms with Crippen LogP contribution in [0, 0.1) is 5.92 Å². The molecule has 4 aromatic rings. The van der Waals surface area contributed by atoms with Gasteiger partial charge in [0.25, 0.3) is 0 Å². The quantitative estimate of drug-likeness (QED) is 0.273.